The molecule has 0 spiro atoms. The van der Waals surface area contributed by atoms with Gasteiger partial charge in [0, 0.05) is 27.3 Å². The highest BCUT2D eigenvalue weighted by molar-refractivity contribution is 9.10. The first-order valence-electron chi connectivity index (χ1n) is 5.47. The van der Waals surface area contributed by atoms with Gasteiger partial charge in [0.15, 0.2) is 0 Å². The fourth-order valence-corrected chi connectivity index (χ4v) is 2.69. The van der Waals surface area contributed by atoms with Gasteiger partial charge >= 0.3 is 0 Å². The van der Waals surface area contributed by atoms with Gasteiger partial charge < -0.3 is 10.3 Å². The highest BCUT2D eigenvalue weighted by Crippen LogP contribution is 2.25. The number of hydrogen-bond acceptors (Lipinski definition) is 6. The summed E-state index contributed by atoms with van der Waals surface area (Å²) in [5, 5.41) is 5.90. The minimum atomic E-state index is -0.388. The molecule has 0 radical (unpaired) electrons. The van der Waals surface area contributed by atoms with E-state index >= 15 is 0 Å². The van der Waals surface area contributed by atoms with Gasteiger partial charge in [0.2, 0.25) is 11.7 Å². The maximum Gasteiger partial charge on any atom is 0.249 e. The summed E-state index contributed by atoms with van der Waals surface area (Å²) in [7, 11) is 0. The second kappa shape index (κ2) is 5.20. The van der Waals surface area contributed by atoms with Crippen molar-refractivity contribution in [3.05, 3.63) is 51.2 Å². The molecule has 0 aliphatic heterocycles. The third-order valence-electron chi connectivity index (χ3n) is 2.52. The van der Waals surface area contributed by atoms with Gasteiger partial charge in [-0.2, -0.15) is 4.98 Å². The van der Waals surface area contributed by atoms with E-state index in [9.17, 15) is 0 Å². The lowest BCUT2D eigenvalue weighted by atomic mass is 10.2. The third-order valence-corrected chi connectivity index (χ3v) is 3.91. The van der Waals surface area contributed by atoms with Gasteiger partial charge in [-0.15, -0.1) is 11.3 Å². The Bertz CT molecular complexity index is 683. The van der Waals surface area contributed by atoms with Crippen LogP contribution in [0.5, 0.6) is 0 Å². The van der Waals surface area contributed by atoms with Crippen LogP contribution in [-0.2, 0) is 0 Å². The molecule has 3 rings (SSSR count). The molecule has 0 saturated heterocycles. The number of thiophene rings is 1. The first-order valence-corrected chi connectivity index (χ1v) is 7.15. The minimum absolute atomic E-state index is 0.388. The summed E-state index contributed by atoms with van der Waals surface area (Å²) in [5.41, 5.74) is 6.85. The van der Waals surface area contributed by atoms with Crippen LogP contribution in [0.25, 0.3) is 11.4 Å². The molecule has 0 aliphatic rings. The van der Waals surface area contributed by atoms with Gasteiger partial charge in [-0.3, -0.25) is 4.98 Å². The highest BCUT2D eigenvalue weighted by Gasteiger charge is 2.18. The van der Waals surface area contributed by atoms with Crippen LogP contribution >= 0.6 is 27.3 Å². The minimum Gasteiger partial charge on any atom is -0.337 e. The summed E-state index contributed by atoms with van der Waals surface area (Å²) >= 11 is 4.92. The van der Waals surface area contributed by atoms with E-state index in [1.54, 1.807) is 23.7 Å². The van der Waals surface area contributed by atoms with Crippen molar-refractivity contribution >= 4 is 27.3 Å². The van der Waals surface area contributed by atoms with Gasteiger partial charge in [-0.05, 0) is 33.4 Å². The predicted octanol–water partition coefficient (Wildman–Crippen LogP) is 3.00. The van der Waals surface area contributed by atoms with Crippen molar-refractivity contribution in [2.24, 2.45) is 5.73 Å². The zero-order valence-corrected chi connectivity index (χ0v) is 12.1. The lowest BCUT2D eigenvalue weighted by Gasteiger charge is -2.01. The topological polar surface area (TPSA) is 77.8 Å². The standard InChI is InChI=1S/C12H9BrN4OS/c13-8-4-7(5-15-6-8)11-16-12(18-17-11)10(14)9-2-1-3-19-9/h1-6,10H,14H2. The molecule has 0 aromatic carbocycles. The maximum atomic E-state index is 6.07. The van der Waals surface area contributed by atoms with Gasteiger partial charge in [-0.1, -0.05) is 11.2 Å². The van der Waals surface area contributed by atoms with E-state index in [1.807, 2.05) is 23.6 Å². The highest BCUT2D eigenvalue weighted by atomic mass is 79.9. The van der Waals surface area contributed by atoms with Crippen molar-refractivity contribution in [3.63, 3.8) is 0 Å². The van der Waals surface area contributed by atoms with Crippen molar-refractivity contribution < 1.29 is 4.52 Å². The van der Waals surface area contributed by atoms with Gasteiger partial charge in [-0.25, -0.2) is 0 Å². The predicted molar refractivity (Wildman–Crippen MR) is 75.6 cm³/mol. The number of halogens is 1. The quantitative estimate of drug-likeness (QED) is 0.795. The van der Waals surface area contributed by atoms with Crippen LogP contribution in [0.2, 0.25) is 0 Å². The van der Waals surface area contributed by atoms with Gasteiger partial charge in [0.1, 0.15) is 6.04 Å². The largest absolute Gasteiger partial charge is 0.337 e. The Morgan fingerprint density at radius 2 is 2.26 bits per heavy atom. The second-order valence-corrected chi connectivity index (χ2v) is 5.74. The van der Waals surface area contributed by atoms with E-state index in [4.69, 9.17) is 10.3 Å². The van der Waals surface area contributed by atoms with Crippen LogP contribution in [0.3, 0.4) is 0 Å². The zero-order chi connectivity index (χ0) is 13.2. The molecule has 19 heavy (non-hydrogen) atoms. The Balaban J connectivity index is 1.91. The van der Waals surface area contributed by atoms with E-state index in [-0.39, 0.29) is 6.04 Å². The van der Waals surface area contributed by atoms with Crippen molar-refractivity contribution in [1.29, 1.82) is 0 Å². The molecular formula is C12H9BrN4OS. The Hall–Kier alpha value is -1.57. The molecule has 5 nitrogen and oxygen atoms in total. The Kier molecular flexibility index (Phi) is 3.41. The number of nitrogens with two attached hydrogens (primary N) is 1. The Morgan fingerprint density at radius 3 is 3.00 bits per heavy atom. The van der Waals surface area contributed by atoms with Gasteiger partial charge in [0.25, 0.3) is 0 Å². The van der Waals surface area contributed by atoms with E-state index < -0.39 is 0 Å². The molecule has 2 N–H and O–H groups in total. The number of aromatic nitrogens is 3. The molecule has 3 aromatic heterocycles. The molecule has 0 aliphatic carbocycles. The molecular weight excluding hydrogens is 328 g/mol. The average molecular weight is 337 g/mol. The lowest BCUT2D eigenvalue weighted by Crippen LogP contribution is -2.10. The number of rotatable bonds is 3. The van der Waals surface area contributed by atoms with E-state index in [0.29, 0.717) is 11.7 Å². The van der Waals surface area contributed by atoms with Crippen LogP contribution in [0.1, 0.15) is 16.8 Å². The van der Waals surface area contributed by atoms with E-state index in [0.717, 1.165) is 14.9 Å². The first kappa shape index (κ1) is 12.5. The van der Waals surface area contributed by atoms with Crippen molar-refractivity contribution in [3.8, 4) is 11.4 Å². The summed E-state index contributed by atoms with van der Waals surface area (Å²) in [6.45, 7) is 0. The summed E-state index contributed by atoms with van der Waals surface area (Å²) in [5.74, 6) is 0.883. The summed E-state index contributed by atoms with van der Waals surface area (Å²) in [6, 6.07) is 5.37. The smallest absolute Gasteiger partial charge is 0.249 e. The molecule has 3 aromatic rings. The fourth-order valence-electron chi connectivity index (χ4n) is 1.60. The van der Waals surface area contributed by atoms with Crippen LogP contribution in [-0.4, -0.2) is 15.1 Å². The monoisotopic (exact) mass is 336 g/mol. The second-order valence-electron chi connectivity index (χ2n) is 3.84. The van der Waals surface area contributed by atoms with Crippen LogP contribution in [0.15, 0.2) is 45.0 Å². The number of hydrogen-bond donors (Lipinski definition) is 1. The Morgan fingerprint density at radius 1 is 1.37 bits per heavy atom. The molecule has 0 amide bonds. The summed E-state index contributed by atoms with van der Waals surface area (Å²) in [6.07, 6.45) is 3.37. The first-order chi connectivity index (χ1) is 9.24. The SMILES string of the molecule is NC(c1nc(-c2cncc(Br)c2)no1)c1cccs1. The third kappa shape index (κ3) is 2.58. The molecule has 1 atom stereocenters. The lowest BCUT2D eigenvalue weighted by molar-refractivity contribution is 0.368. The molecule has 3 heterocycles. The average Bonchev–Trinajstić information content (AvgIpc) is 3.10. The molecule has 0 saturated carbocycles. The molecule has 1 unspecified atom stereocenters. The van der Waals surface area contributed by atoms with E-state index in [1.165, 1.54) is 0 Å². The van der Waals surface area contributed by atoms with Crippen LogP contribution in [0.4, 0.5) is 0 Å². The van der Waals surface area contributed by atoms with Crippen molar-refractivity contribution in [2.45, 2.75) is 6.04 Å². The Labute approximate surface area is 121 Å². The van der Waals surface area contributed by atoms with Crippen molar-refractivity contribution in [2.75, 3.05) is 0 Å². The van der Waals surface area contributed by atoms with E-state index in [2.05, 4.69) is 31.1 Å². The summed E-state index contributed by atoms with van der Waals surface area (Å²) in [4.78, 5) is 9.38. The number of pyridine rings is 1. The fraction of sp³-hybridized carbons (Fsp3) is 0.0833. The summed E-state index contributed by atoms with van der Waals surface area (Å²) < 4.78 is 6.08. The molecule has 0 fully saturated rings. The van der Waals surface area contributed by atoms with Crippen LogP contribution in [0, 0.1) is 0 Å². The molecule has 96 valence electrons. The maximum absolute atomic E-state index is 6.07. The normalized spacial score (nSPS) is 12.5. The van der Waals surface area contributed by atoms with Crippen LogP contribution < -0.4 is 5.73 Å². The zero-order valence-electron chi connectivity index (χ0n) is 9.65. The van der Waals surface area contributed by atoms with Crippen molar-refractivity contribution in [1.82, 2.24) is 15.1 Å². The molecule has 7 heteroatoms. The molecule has 0 bridgehead atoms. The van der Waals surface area contributed by atoms with Gasteiger partial charge in [0.05, 0.1) is 0 Å². The number of nitrogens with zero attached hydrogens (tertiary/aromatic N) is 3.